The molecule has 0 radical (unpaired) electrons. The van der Waals surface area contributed by atoms with Crippen LogP contribution in [0.1, 0.15) is 79.6 Å². The Hall–Kier alpha value is -4.38. The Labute approximate surface area is 344 Å². The fourth-order valence-electron chi connectivity index (χ4n) is 5.49. The summed E-state index contributed by atoms with van der Waals surface area (Å²) < 4.78 is 2.08. The van der Waals surface area contributed by atoms with Gasteiger partial charge in [-0.1, -0.05) is 19.3 Å². The second-order valence-electron chi connectivity index (χ2n) is 15.6. The molecule has 0 spiro atoms. The number of guanidine groups is 6. The fourth-order valence-corrected chi connectivity index (χ4v) is 5.49. The Morgan fingerprint density at radius 3 is 1.21 bits per heavy atom. The van der Waals surface area contributed by atoms with Crippen molar-refractivity contribution < 1.29 is 4.58 Å². The van der Waals surface area contributed by atoms with Crippen LogP contribution in [0.15, 0.2) is 15.0 Å². The molecule has 11 N–H and O–H groups in total. The third-order valence-electron chi connectivity index (χ3n) is 8.20. The molecule has 2 saturated carbocycles. The van der Waals surface area contributed by atoms with Crippen molar-refractivity contribution in [1.29, 1.82) is 10.8 Å². The lowest BCUT2D eigenvalue weighted by Gasteiger charge is -2.31. The Bertz CT molecular complexity index is 1120. The minimum Gasteiger partial charge on any atom is -0.370 e. The van der Waals surface area contributed by atoms with Gasteiger partial charge in [-0.05, 0) is 60.3 Å². The highest BCUT2D eigenvalue weighted by Gasteiger charge is 2.29. The van der Waals surface area contributed by atoms with E-state index in [2.05, 4.69) is 58.3 Å². The van der Waals surface area contributed by atoms with Gasteiger partial charge in [0, 0.05) is 94.1 Å². The second kappa shape index (κ2) is 31.8. The van der Waals surface area contributed by atoms with Crippen LogP contribution < -0.4 is 28.3 Å². The molecular formula is C38H91N18+. The van der Waals surface area contributed by atoms with Gasteiger partial charge < -0.3 is 52.8 Å². The summed E-state index contributed by atoms with van der Waals surface area (Å²) in [6.07, 6.45) is 8.87. The van der Waals surface area contributed by atoms with E-state index in [1.807, 2.05) is 120 Å². The van der Waals surface area contributed by atoms with Crippen LogP contribution in [0.4, 0.5) is 0 Å². The lowest BCUT2D eigenvalue weighted by atomic mass is 9.95. The van der Waals surface area contributed by atoms with E-state index < -0.39 is 0 Å². The highest BCUT2D eigenvalue weighted by molar-refractivity contribution is 5.79. The molecule has 332 valence electrons. The molecule has 0 aromatic rings. The zero-order chi connectivity index (χ0) is 44.9. The molecule has 18 heteroatoms. The smallest absolute Gasteiger partial charge is 0.349 e. The van der Waals surface area contributed by atoms with Crippen molar-refractivity contribution in [1.82, 2.24) is 39.6 Å². The third kappa shape index (κ3) is 30.9. The predicted octanol–water partition coefficient (Wildman–Crippen LogP) is 1.54. The number of hydrogen-bond acceptors (Lipinski definition) is 5. The van der Waals surface area contributed by atoms with Crippen molar-refractivity contribution >= 4 is 35.8 Å². The van der Waals surface area contributed by atoms with Crippen LogP contribution in [-0.2, 0) is 0 Å². The van der Waals surface area contributed by atoms with Crippen molar-refractivity contribution in [3.8, 4) is 0 Å². The van der Waals surface area contributed by atoms with E-state index in [0.29, 0.717) is 24.0 Å². The van der Waals surface area contributed by atoms with Crippen molar-refractivity contribution in [2.75, 3.05) is 119 Å². The average Bonchev–Trinajstić information content (AvgIpc) is 3.94. The van der Waals surface area contributed by atoms with Crippen LogP contribution in [0, 0.1) is 10.8 Å². The first-order valence-electron chi connectivity index (χ1n) is 19.5. The van der Waals surface area contributed by atoms with E-state index in [1.165, 1.54) is 58.0 Å². The minimum atomic E-state index is 0.0175. The van der Waals surface area contributed by atoms with Crippen molar-refractivity contribution in [2.24, 2.45) is 37.9 Å². The number of nitrogens with zero attached hydrogens (tertiary/aromatic N) is 11. The van der Waals surface area contributed by atoms with E-state index in [0.717, 1.165) is 19.0 Å². The summed E-state index contributed by atoms with van der Waals surface area (Å²) in [6.45, 7) is 12.2. The molecule has 2 aliphatic rings. The van der Waals surface area contributed by atoms with Gasteiger partial charge in [0.2, 0.25) is 0 Å². The first-order valence-corrected chi connectivity index (χ1v) is 19.5. The van der Waals surface area contributed by atoms with Crippen LogP contribution in [0.3, 0.4) is 0 Å². The van der Waals surface area contributed by atoms with Crippen LogP contribution in [0.5, 0.6) is 0 Å². The highest BCUT2D eigenvalue weighted by Crippen LogP contribution is 2.25. The van der Waals surface area contributed by atoms with Gasteiger partial charge in [-0.25, -0.2) is 0 Å². The van der Waals surface area contributed by atoms with E-state index in [9.17, 15) is 0 Å². The topological polar surface area (TPSA) is 227 Å². The molecule has 56 heavy (non-hydrogen) atoms. The van der Waals surface area contributed by atoms with E-state index >= 15 is 0 Å². The predicted molar refractivity (Wildman–Crippen MR) is 245 cm³/mol. The summed E-state index contributed by atoms with van der Waals surface area (Å²) >= 11 is 0. The average molecular weight is 800 g/mol. The summed E-state index contributed by atoms with van der Waals surface area (Å²) in [5.41, 5.74) is 20.4. The monoisotopic (exact) mass is 800 g/mol. The van der Waals surface area contributed by atoms with Gasteiger partial charge in [0.25, 0.3) is 0 Å². The van der Waals surface area contributed by atoms with E-state index in [4.69, 9.17) is 33.8 Å². The standard InChI is InChI=1S/C9H19N3.C8H17N3.C7H18N3.2C6H15N3.C2H7N3/c1-4-12(5-2)9(10)11(3)8-6-7-8;1-11(8(9)10)7-5-3-2-4-6-7;1-8(2)7(9(3)4)10(5)6;1-7-6(8(2)3)9(4)5;1-6(2,3)9-5(7)8-4;1-5-2(3)4/h8,10H,4-7H2,1-3H3;7H,2-6H2,1H3,(H3,9,10);1-6H3;1-5H3;1-4H3,(H3,7,8,9);1H3,(H4,3,4,5)/q;;+1;;;. The third-order valence-corrected chi connectivity index (χ3v) is 8.20. The molecule has 0 aromatic carbocycles. The molecule has 2 rings (SSSR count). The van der Waals surface area contributed by atoms with Crippen molar-refractivity contribution in [3.63, 3.8) is 0 Å². The van der Waals surface area contributed by atoms with Gasteiger partial charge in [0.05, 0.1) is 42.3 Å². The van der Waals surface area contributed by atoms with E-state index in [1.54, 1.807) is 14.1 Å². The Morgan fingerprint density at radius 2 is 1.04 bits per heavy atom. The first-order chi connectivity index (χ1) is 25.7. The maximum atomic E-state index is 7.87. The van der Waals surface area contributed by atoms with Gasteiger partial charge >= 0.3 is 5.96 Å². The molecule has 0 aliphatic heterocycles. The fraction of sp³-hybridized carbons (Fsp3) is 0.842. The van der Waals surface area contributed by atoms with Gasteiger partial charge in [0.15, 0.2) is 29.8 Å². The molecule has 0 bridgehead atoms. The summed E-state index contributed by atoms with van der Waals surface area (Å²) in [6, 6.07) is 1.18. The largest absolute Gasteiger partial charge is 0.370 e. The molecule has 0 atom stereocenters. The Balaban J connectivity index is -0.000000294. The summed E-state index contributed by atoms with van der Waals surface area (Å²) in [5, 5.41) is 18.1. The maximum absolute atomic E-state index is 7.87. The molecule has 2 aliphatic carbocycles. The second-order valence-corrected chi connectivity index (χ2v) is 15.6. The molecule has 0 amide bonds. The van der Waals surface area contributed by atoms with Gasteiger partial charge in [-0.15, -0.1) is 0 Å². The normalized spacial score (nSPS) is 13.0. The van der Waals surface area contributed by atoms with Crippen LogP contribution in [-0.4, -0.2) is 211 Å². The van der Waals surface area contributed by atoms with Crippen LogP contribution in [0.2, 0.25) is 0 Å². The molecule has 0 unspecified atom stereocenters. The number of aliphatic imine (C=N–C) groups is 3. The lowest BCUT2D eigenvalue weighted by Crippen LogP contribution is -2.44. The quantitative estimate of drug-likeness (QED) is 0.122. The van der Waals surface area contributed by atoms with Gasteiger partial charge in [0.1, 0.15) is 0 Å². The van der Waals surface area contributed by atoms with E-state index in [-0.39, 0.29) is 17.5 Å². The Morgan fingerprint density at radius 1 is 0.643 bits per heavy atom. The number of nitrogens with two attached hydrogens (primary N) is 4. The molecule has 0 saturated heterocycles. The summed E-state index contributed by atoms with van der Waals surface area (Å²) in [4.78, 5) is 25.3. The number of hydrogen-bond donors (Lipinski definition) is 7. The lowest BCUT2D eigenvalue weighted by molar-refractivity contribution is -0.475. The highest BCUT2D eigenvalue weighted by atomic mass is 15.4. The van der Waals surface area contributed by atoms with Gasteiger partial charge in [-0.2, -0.15) is 0 Å². The molecule has 0 heterocycles. The Kier molecular flexibility index (Phi) is 33.1. The molecule has 2 fully saturated rings. The number of rotatable bonds is 4. The SMILES string of the molecule is CCN(CC)C(=N)N(C)C1CC1.CN(C(=N)N)C1CCCCC1.CN(C)C(N(C)C)=[N+](C)C.CN=C(N(C)C)N(C)C.CN=C(N)N.CN=C(N)NC(C)(C)C. The number of nitrogens with one attached hydrogen (secondary N) is 3. The molecule has 18 nitrogen and oxygen atoms in total. The summed E-state index contributed by atoms with van der Waals surface area (Å²) in [5.74, 6) is 3.68. The minimum absolute atomic E-state index is 0.0175. The molecular weight excluding hydrogens is 709 g/mol. The van der Waals surface area contributed by atoms with Crippen LogP contribution >= 0.6 is 0 Å². The summed E-state index contributed by atoms with van der Waals surface area (Å²) in [7, 11) is 29.0. The zero-order valence-corrected chi connectivity index (χ0v) is 39.7. The maximum Gasteiger partial charge on any atom is 0.349 e. The zero-order valence-electron chi connectivity index (χ0n) is 39.7. The van der Waals surface area contributed by atoms with Gasteiger partial charge in [-0.3, -0.25) is 40.2 Å². The van der Waals surface area contributed by atoms with Crippen LogP contribution in [0.25, 0.3) is 0 Å². The first kappa shape index (κ1) is 58.3. The van der Waals surface area contributed by atoms with Crippen molar-refractivity contribution in [3.05, 3.63) is 0 Å². The van der Waals surface area contributed by atoms with Crippen molar-refractivity contribution in [2.45, 2.75) is 97.2 Å². The molecule has 0 aromatic heterocycles.